The van der Waals surface area contributed by atoms with Gasteiger partial charge in [0.15, 0.2) is 0 Å². The normalized spacial score (nSPS) is 16.4. The summed E-state index contributed by atoms with van der Waals surface area (Å²) in [6.45, 7) is 1.16. The molecule has 0 aromatic carbocycles. The van der Waals surface area contributed by atoms with Gasteiger partial charge in [-0.15, -0.1) is 4.83 Å². The summed E-state index contributed by atoms with van der Waals surface area (Å²) in [5.74, 6) is 5.11. The van der Waals surface area contributed by atoms with Crippen LogP contribution in [0.2, 0.25) is 0 Å². The zero-order valence-electron chi connectivity index (χ0n) is 11.0. The van der Waals surface area contributed by atoms with Crippen LogP contribution in [-0.2, 0) is 10.0 Å². The van der Waals surface area contributed by atoms with Crippen molar-refractivity contribution in [3.05, 3.63) is 24.0 Å². The van der Waals surface area contributed by atoms with E-state index < -0.39 is 10.0 Å². The van der Waals surface area contributed by atoms with Crippen LogP contribution in [-0.4, -0.2) is 43.2 Å². The van der Waals surface area contributed by atoms with Gasteiger partial charge in [-0.2, -0.15) is 0 Å². The van der Waals surface area contributed by atoms with Crippen molar-refractivity contribution in [2.24, 2.45) is 0 Å². The molecule has 2 rings (SSSR count). The van der Waals surface area contributed by atoms with Crippen LogP contribution < -0.4 is 4.83 Å². The maximum absolute atomic E-state index is 12.2. The van der Waals surface area contributed by atoms with Gasteiger partial charge in [0.05, 0.1) is 0 Å². The Labute approximate surface area is 118 Å². The molecular formula is C13H17N3O3S. The molecule has 0 radical (unpaired) electrons. The Morgan fingerprint density at radius 3 is 2.75 bits per heavy atom. The molecule has 1 aromatic heterocycles. The highest BCUT2D eigenvalue weighted by molar-refractivity contribution is 7.89. The van der Waals surface area contributed by atoms with Crippen molar-refractivity contribution in [1.29, 1.82) is 0 Å². The molecule has 2 heterocycles. The van der Waals surface area contributed by atoms with E-state index in [9.17, 15) is 8.42 Å². The van der Waals surface area contributed by atoms with Crippen LogP contribution in [0.25, 0.3) is 0 Å². The second-order valence-electron chi connectivity index (χ2n) is 4.51. The quantitative estimate of drug-likeness (QED) is 0.773. The van der Waals surface area contributed by atoms with E-state index in [0.717, 1.165) is 32.4 Å². The molecule has 1 aliphatic heterocycles. The van der Waals surface area contributed by atoms with Gasteiger partial charge in [-0.05, 0) is 18.9 Å². The molecule has 2 N–H and O–H groups in total. The van der Waals surface area contributed by atoms with Crippen LogP contribution in [0.4, 0.5) is 0 Å². The molecule has 20 heavy (non-hydrogen) atoms. The van der Waals surface area contributed by atoms with E-state index in [-0.39, 0.29) is 11.5 Å². The number of aromatic nitrogens is 1. The summed E-state index contributed by atoms with van der Waals surface area (Å²) in [6.07, 6.45) is 5.86. The van der Waals surface area contributed by atoms with Gasteiger partial charge in [-0.25, -0.2) is 13.4 Å². The average molecular weight is 295 g/mol. The van der Waals surface area contributed by atoms with E-state index in [1.165, 1.54) is 18.5 Å². The lowest BCUT2D eigenvalue weighted by atomic mass is 10.2. The Balaban J connectivity index is 2.16. The minimum Gasteiger partial charge on any atom is -0.384 e. The van der Waals surface area contributed by atoms with Crippen LogP contribution in [0.5, 0.6) is 0 Å². The van der Waals surface area contributed by atoms with Gasteiger partial charge < -0.3 is 5.11 Å². The van der Waals surface area contributed by atoms with Crippen molar-refractivity contribution in [1.82, 2.24) is 14.8 Å². The van der Waals surface area contributed by atoms with Gasteiger partial charge in [0.1, 0.15) is 11.5 Å². The van der Waals surface area contributed by atoms with Gasteiger partial charge in [0.2, 0.25) is 0 Å². The van der Waals surface area contributed by atoms with Crippen LogP contribution in [0.3, 0.4) is 0 Å². The number of nitrogens with zero attached hydrogens (tertiary/aromatic N) is 2. The predicted octanol–water partition coefficient (Wildman–Crippen LogP) is 0.105. The first kappa shape index (κ1) is 14.9. The Kier molecular flexibility index (Phi) is 5.09. The van der Waals surface area contributed by atoms with Crippen molar-refractivity contribution in [3.8, 4) is 11.8 Å². The fraction of sp³-hybridized carbons (Fsp3) is 0.462. The third-order valence-corrected chi connectivity index (χ3v) is 4.28. The van der Waals surface area contributed by atoms with Gasteiger partial charge in [-0.1, -0.05) is 18.3 Å². The van der Waals surface area contributed by atoms with E-state index in [4.69, 9.17) is 5.11 Å². The number of sulfonamides is 1. The van der Waals surface area contributed by atoms with E-state index in [0.29, 0.717) is 5.56 Å². The van der Waals surface area contributed by atoms with Crippen molar-refractivity contribution >= 4 is 10.0 Å². The third-order valence-electron chi connectivity index (χ3n) is 2.94. The highest BCUT2D eigenvalue weighted by atomic mass is 32.2. The number of pyridine rings is 1. The molecule has 1 fully saturated rings. The first-order valence-electron chi connectivity index (χ1n) is 6.44. The molecule has 0 spiro atoms. The van der Waals surface area contributed by atoms with E-state index in [2.05, 4.69) is 21.7 Å². The average Bonchev–Trinajstić information content (AvgIpc) is 2.46. The number of hydrogen-bond acceptors (Lipinski definition) is 5. The van der Waals surface area contributed by atoms with E-state index in [1.807, 2.05) is 0 Å². The van der Waals surface area contributed by atoms with Gasteiger partial charge >= 0.3 is 0 Å². The summed E-state index contributed by atoms with van der Waals surface area (Å²) in [4.78, 5) is 6.51. The molecule has 1 aliphatic rings. The summed E-state index contributed by atoms with van der Waals surface area (Å²) in [6, 6.07) is 1.45. The summed E-state index contributed by atoms with van der Waals surface area (Å²) in [5.41, 5.74) is 0.459. The van der Waals surface area contributed by atoms with E-state index in [1.54, 1.807) is 5.01 Å². The molecule has 0 atom stereocenters. The molecule has 1 saturated heterocycles. The Morgan fingerprint density at radius 2 is 2.05 bits per heavy atom. The number of nitrogens with one attached hydrogen (secondary N) is 1. The number of hydrazine groups is 1. The van der Waals surface area contributed by atoms with Crippen molar-refractivity contribution in [3.63, 3.8) is 0 Å². The van der Waals surface area contributed by atoms with Crippen molar-refractivity contribution < 1.29 is 13.5 Å². The van der Waals surface area contributed by atoms with Crippen LogP contribution >= 0.6 is 0 Å². The first-order valence-corrected chi connectivity index (χ1v) is 7.92. The number of hydrogen-bond donors (Lipinski definition) is 2. The van der Waals surface area contributed by atoms with Crippen LogP contribution in [0.1, 0.15) is 24.8 Å². The van der Waals surface area contributed by atoms with Crippen LogP contribution in [0, 0.1) is 11.8 Å². The van der Waals surface area contributed by atoms with Crippen LogP contribution in [0.15, 0.2) is 23.4 Å². The fourth-order valence-electron chi connectivity index (χ4n) is 1.98. The summed E-state index contributed by atoms with van der Waals surface area (Å²) in [5, 5.41) is 10.4. The molecular weight excluding hydrogens is 278 g/mol. The standard InChI is InChI=1S/C13H17N3O3S/c17-8-4-5-12-9-13(11-14-10-12)20(18,19)15-16-6-2-1-3-7-16/h9-11,15,17H,1-3,6-8H2. The van der Waals surface area contributed by atoms with Crippen molar-refractivity contribution in [2.75, 3.05) is 19.7 Å². The Bertz CT molecular complexity index is 613. The van der Waals surface area contributed by atoms with Gasteiger partial charge in [0, 0.05) is 31.0 Å². The SMILES string of the molecule is O=S(=O)(NN1CCCCC1)c1cncc(C#CCO)c1. The van der Waals surface area contributed by atoms with Gasteiger partial charge in [-0.3, -0.25) is 4.98 Å². The number of aliphatic hydroxyl groups is 1. The Hall–Kier alpha value is -1.46. The number of rotatable bonds is 3. The first-order chi connectivity index (χ1) is 9.62. The molecule has 6 nitrogen and oxygen atoms in total. The molecule has 0 amide bonds. The third kappa shape index (κ3) is 4.02. The van der Waals surface area contributed by atoms with Gasteiger partial charge in [0.25, 0.3) is 10.0 Å². The fourth-order valence-corrected chi connectivity index (χ4v) is 3.09. The summed E-state index contributed by atoms with van der Waals surface area (Å²) < 4.78 is 24.5. The number of aliphatic hydroxyl groups excluding tert-OH is 1. The molecule has 0 saturated carbocycles. The topological polar surface area (TPSA) is 82.5 Å². The van der Waals surface area contributed by atoms with Crippen molar-refractivity contribution in [2.45, 2.75) is 24.2 Å². The molecule has 0 unspecified atom stereocenters. The lowest BCUT2D eigenvalue weighted by Crippen LogP contribution is -2.44. The smallest absolute Gasteiger partial charge is 0.255 e. The maximum atomic E-state index is 12.2. The maximum Gasteiger partial charge on any atom is 0.255 e. The molecule has 0 bridgehead atoms. The van der Waals surface area contributed by atoms with E-state index >= 15 is 0 Å². The molecule has 108 valence electrons. The largest absolute Gasteiger partial charge is 0.384 e. The molecule has 1 aromatic rings. The lowest BCUT2D eigenvalue weighted by Gasteiger charge is -2.26. The Morgan fingerprint density at radius 1 is 1.30 bits per heavy atom. The minimum atomic E-state index is -3.62. The monoisotopic (exact) mass is 295 g/mol. The number of piperidine rings is 1. The molecule has 0 aliphatic carbocycles. The minimum absolute atomic E-state index is 0.0767. The predicted molar refractivity (Wildman–Crippen MR) is 73.9 cm³/mol. The zero-order chi connectivity index (χ0) is 14.4. The second kappa shape index (κ2) is 6.81. The highest BCUT2D eigenvalue weighted by Gasteiger charge is 2.20. The zero-order valence-corrected chi connectivity index (χ0v) is 11.9. The summed E-state index contributed by atoms with van der Waals surface area (Å²) in [7, 11) is -3.62. The highest BCUT2D eigenvalue weighted by Crippen LogP contribution is 2.12. The molecule has 7 heteroatoms. The summed E-state index contributed by atoms with van der Waals surface area (Å²) >= 11 is 0. The lowest BCUT2D eigenvalue weighted by molar-refractivity contribution is 0.200. The second-order valence-corrected chi connectivity index (χ2v) is 6.17.